The van der Waals surface area contributed by atoms with Crippen molar-refractivity contribution in [2.75, 3.05) is 5.32 Å². The molecule has 114 valence electrons. The van der Waals surface area contributed by atoms with Crippen LogP contribution in [0.15, 0.2) is 36.5 Å². The summed E-state index contributed by atoms with van der Waals surface area (Å²) in [6, 6.07) is 8.07. The average molecular weight is 302 g/mol. The van der Waals surface area contributed by atoms with E-state index in [4.69, 9.17) is 5.73 Å². The first-order chi connectivity index (χ1) is 10.5. The Balaban J connectivity index is 1.61. The zero-order valence-electron chi connectivity index (χ0n) is 11.7. The van der Waals surface area contributed by atoms with E-state index in [1.165, 1.54) is 10.7 Å². The van der Waals surface area contributed by atoms with Crippen molar-refractivity contribution in [1.29, 1.82) is 0 Å². The molecular weight excluding hydrogens is 287 g/mol. The minimum Gasteiger partial charge on any atom is -0.368 e. The average Bonchev–Trinajstić information content (AvgIpc) is 3.14. The van der Waals surface area contributed by atoms with Crippen LogP contribution in [0.3, 0.4) is 0 Å². The smallest absolute Gasteiger partial charge is 0.239 e. The summed E-state index contributed by atoms with van der Waals surface area (Å²) >= 11 is 0. The van der Waals surface area contributed by atoms with Gasteiger partial charge in [-0.1, -0.05) is 18.2 Å². The molecule has 22 heavy (non-hydrogen) atoms. The molecule has 0 aliphatic heterocycles. The number of hydrogen-bond donors (Lipinski definition) is 2. The highest BCUT2D eigenvalue weighted by Gasteiger charge is 2.45. The van der Waals surface area contributed by atoms with Crippen LogP contribution >= 0.6 is 0 Å². The van der Waals surface area contributed by atoms with Gasteiger partial charge in [0.05, 0.1) is 0 Å². The number of anilines is 1. The summed E-state index contributed by atoms with van der Waals surface area (Å²) in [5.74, 6) is -0.980. The van der Waals surface area contributed by atoms with E-state index in [1.54, 1.807) is 30.5 Å². The van der Waals surface area contributed by atoms with Gasteiger partial charge in [0, 0.05) is 18.2 Å². The quantitative estimate of drug-likeness (QED) is 0.871. The van der Waals surface area contributed by atoms with E-state index in [9.17, 15) is 14.0 Å². The van der Waals surface area contributed by atoms with Crippen LogP contribution in [-0.4, -0.2) is 21.6 Å². The molecule has 6 nitrogen and oxygen atoms in total. The Kier molecular flexibility index (Phi) is 3.62. The summed E-state index contributed by atoms with van der Waals surface area (Å²) in [7, 11) is 0. The van der Waals surface area contributed by atoms with Gasteiger partial charge in [-0.2, -0.15) is 5.10 Å². The maximum absolute atomic E-state index is 13.7. The third-order valence-electron chi connectivity index (χ3n) is 3.64. The monoisotopic (exact) mass is 302 g/mol. The number of benzene rings is 1. The van der Waals surface area contributed by atoms with Crippen molar-refractivity contribution in [3.05, 3.63) is 47.9 Å². The fourth-order valence-electron chi connectivity index (χ4n) is 2.50. The number of primary amides is 1. The summed E-state index contributed by atoms with van der Waals surface area (Å²) in [6.07, 6.45) is 2.18. The Labute approximate surface area is 126 Å². The zero-order valence-corrected chi connectivity index (χ0v) is 11.7. The third-order valence-corrected chi connectivity index (χ3v) is 3.64. The number of nitrogens with one attached hydrogen (secondary N) is 1. The highest BCUT2D eigenvalue weighted by atomic mass is 19.1. The molecule has 7 heteroatoms. The highest BCUT2D eigenvalue weighted by molar-refractivity contribution is 5.94. The lowest BCUT2D eigenvalue weighted by Crippen LogP contribution is -2.19. The summed E-state index contributed by atoms with van der Waals surface area (Å²) in [6.45, 7) is -0.0445. The van der Waals surface area contributed by atoms with Gasteiger partial charge in [0.2, 0.25) is 11.8 Å². The van der Waals surface area contributed by atoms with Crippen LogP contribution in [-0.2, 0) is 16.1 Å². The molecule has 1 aliphatic carbocycles. The van der Waals surface area contributed by atoms with Gasteiger partial charge in [0.15, 0.2) is 5.82 Å². The Morgan fingerprint density at radius 3 is 2.86 bits per heavy atom. The van der Waals surface area contributed by atoms with Crippen molar-refractivity contribution >= 4 is 17.6 Å². The lowest BCUT2D eigenvalue weighted by molar-refractivity contribution is -0.119. The summed E-state index contributed by atoms with van der Waals surface area (Å²) < 4.78 is 15.0. The number of nitrogens with two attached hydrogens (primary N) is 1. The number of aromatic nitrogens is 2. The highest BCUT2D eigenvalue weighted by Crippen LogP contribution is 2.48. The second kappa shape index (κ2) is 5.59. The fourth-order valence-corrected chi connectivity index (χ4v) is 2.50. The molecule has 1 aliphatic rings. The van der Waals surface area contributed by atoms with Gasteiger partial charge >= 0.3 is 0 Å². The zero-order chi connectivity index (χ0) is 15.7. The normalized spacial score (nSPS) is 19.7. The molecule has 1 aromatic carbocycles. The van der Waals surface area contributed by atoms with E-state index in [0.717, 1.165) is 0 Å². The molecule has 1 fully saturated rings. The Morgan fingerprint density at radius 1 is 1.36 bits per heavy atom. The standard InChI is InChI=1S/C15H15FN4O2/c16-12-4-2-1-3-9(12)10-7-11(10)15(22)18-14-5-6-20(19-14)8-13(17)21/h1-6,10-11H,7-8H2,(H2,17,21)(H,18,19,22). The number of rotatable bonds is 5. The van der Waals surface area contributed by atoms with E-state index in [-0.39, 0.29) is 30.1 Å². The number of nitrogens with zero attached hydrogens (tertiary/aromatic N) is 2. The predicted octanol–water partition coefficient (Wildman–Crippen LogP) is 1.25. The maximum Gasteiger partial charge on any atom is 0.239 e. The Morgan fingerprint density at radius 2 is 2.14 bits per heavy atom. The van der Waals surface area contributed by atoms with Crippen LogP contribution in [0.5, 0.6) is 0 Å². The molecule has 1 heterocycles. The first-order valence-electron chi connectivity index (χ1n) is 6.91. The molecule has 1 saturated carbocycles. The molecule has 1 aromatic heterocycles. The van der Waals surface area contributed by atoms with Gasteiger partial charge in [-0.15, -0.1) is 0 Å². The molecular formula is C15H15FN4O2. The van der Waals surface area contributed by atoms with Crippen LogP contribution in [0.4, 0.5) is 10.2 Å². The number of carbonyl (C=O) groups excluding carboxylic acids is 2. The number of halogens is 1. The Bertz CT molecular complexity index is 728. The van der Waals surface area contributed by atoms with Crippen LogP contribution in [0.25, 0.3) is 0 Å². The van der Waals surface area contributed by atoms with E-state index < -0.39 is 5.91 Å². The number of amides is 2. The van der Waals surface area contributed by atoms with Crippen LogP contribution in [0.1, 0.15) is 17.9 Å². The molecule has 2 unspecified atom stereocenters. The van der Waals surface area contributed by atoms with Crippen LogP contribution < -0.4 is 11.1 Å². The molecule has 3 rings (SSSR count). The molecule has 3 N–H and O–H groups in total. The number of hydrogen-bond acceptors (Lipinski definition) is 3. The second-order valence-electron chi connectivity index (χ2n) is 5.32. The molecule has 0 spiro atoms. The van der Waals surface area contributed by atoms with Gasteiger partial charge in [-0.25, -0.2) is 4.39 Å². The first kappa shape index (κ1) is 14.2. The summed E-state index contributed by atoms with van der Waals surface area (Å²) in [5, 5.41) is 6.70. The van der Waals surface area contributed by atoms with E-state index in [0.29, 0.717) is 17.8 Å². The van der Waals surface area contributed by atoms with E-state index in [2.05, 4.69) is 10.4 Å². The number of carbonyl (C=O) groups is 2. The molecule has 0 saturated heterocycles. The fraction of sp³-hybridized carbons (Fsp3) is 0.267. The molecule has 2 atom stereocenters. The summed E-state index contributed by atoms with van der Waals surface area (Å²) in [5.41, 5.74) is 5.64. The van der Waals surface area contributed by atoms with Crippen molar-refractivity contribution in [2.24, 2.45) is 11.7 Å². The van der Waals surface area contributed by atoms with Crippen molar-refractivity contribution in [1.82, 2.24) is 9.78 Å². The molecule has 2 aromatic rings. The SMILES string of the molecule is NC(=O)Cn1ccc(NC(=O)C2CC2c2ccccc2F)n1. The van der Waals surface area contributed by atoms with E-state index in [1.807, 2.05) is 0 Å². The summed E-state index contributed by atoms with van der Waals surface area (Å²) in [4.78, 5) is 22.9. The molecule has 0 radical (unpaired) electrons. The maximum atomic E-state index is 13.7. The molecule has 2 amide bonds. The van der Waals surface area contributed by atoms with Crippen LogP contribution in [0, 0.1) is 11.7 Å². The van der Waals surface area contributed by atoms with Crippen molar-refractivity contribution in [3.8, 4) is 0 Å². The van der Waals surface area contributed by atoms with Crippen molar-refractivity contribution in [2.45, 2.75) is 18.9 Å². The lowest BCUT2D eigenvalue weighted by Gasteiger charge is -2.03. The van der Waals surface area contributed by atoms with Gasteiger partial charge < -0.3 is 11.1 Å². The van der Waals surface area contributed by atoms with Gasteiger partial charge in [-0.05, 0) is 24.0 Å². The first-order valence-corrected chi connectivity index (χ1v) is 6.91. The minimum atomic E-state index is -0.511. The van der Waals surface area contributed by atoms with Crippen LogP contribution in [0.2, 0.25) is 0 Å². The lowest BCUT2D eigenvalue weighted by atomic mass is 10.1. The third kappa shape index (κ3) is 2.98. The van der Waals surface area contributed by atoms with Crippen molar-refractivity contribution < 1.29 is 14.0 Å². The van der Waals surface area contributed by atoms with Gasteiger partial charge in [0.25, 0.3) is 0 Å². The second-order valence-corrected chi connectivity index (χ2v) is 5.32. The minimum absolute atomic E-state index is 0.0445. The van der Waals surface area contributed by atoms with Gasteiger partial charge in [0.1, 0.15) is 12.4 Å². The van der Waals surface area contributed by atoms with Crippen molar-refractivity contribution in [3.63, 3.8) is 0 Å². The van der Waals surface area contributed by atoms with Gasteiger partial charge in [-0.3, -0.25) is 14.3 Å². The topological polar surface area (TPSA) is 90.0 Å². The largest absolute Gasteiger partial charge is 0.368 e. The Hall–Kier alpha value is -2.70. The predicted molar refractivity (Wildman–Crippen MR) is 77.3 cm³/mol. The van der Waals surface area contributed by atoms with E-state index >= 15 is 0 Å². The molecule has 0 bridgehead atoms.